The molecule has 3 aromatic carbocycles. The summed E-state index contributed by atoms with van der Waals surface area (Å²) in [5, 5.41) is 7.72. The fourth-order valence-corrected chi connectivity index (χ4v) is 2.95. The maximum atomic E-state index is 12.2. The SMILES string of the molecule is Cc1cccc(NC(=O)COc2ccc(Cl)cc2/C=N/NC(=O)c2ccc(Cl)cc2)c1. The van der Waals surface area contributed by atoms with Gasteiger partial charge in [0.2, 0.25) is 0 Å². The Morgan fingerprint density at radius 1 is 1.00 bits per heavy atom. The van der Waals surface area contributed by atoms with E-state index in [0.717, 1.165) is 5.56 Å². The molecule has 3 aromatic rings. The smallest absolute Gasteiger partial charge is 0.271 e. The number of carbonyl (C=O) groups is 2. The van der Waals surface area contributed by atoms with Crippen molar-refractivity contribution in [3.63, 3.8) is 0 Å². The van der Waals surface area contributed by atoms with E-state index in [-0.39, 0.29) is 12.5 Å². The molecule has 31 heavy (non-hydrogen) atoms. The largest absolute Gasteiger partial charge is 0.483 e. The van der Waals surface area contributed by atoms with Crippen LogP contribution in [-0.2, 0) is 4.79 Å². The Balaban J connectivity index is 1.61. The van der Waals surface area contributed by atoms with Crippen molar-refractivity contribution in [1.29, 1.82) is 0 Å². The van der Waals surface area contributed by atoms with E-state index in [4.69, 9.17) is 27.9 Å². The summed E-state index contributed by atoms with van der Waals surface area (Å²) in [6.07, 6.45) is 1.40. The predicted molar refractivity (Wildman–Crippen MR) is 123 cm³/mol. The van der Waals surface area contributed by atoms with Gasteiger partial charge in [0.1, 0.15) is 5.75 Å². The quantitative estimate of drug-likeness (QED) is 0.384. The van der Waals surface area contributed by atoms with Gasteiger partial charge in [0.25, 0.3) is 11.8 Å². The normalized spacial score (nSPS) is 10.7. The third-order valence-electron chi connectivity index (χ3n) is 4.11. The van der Waals surface area contributed by atoms with Gasteiger partial charge in [-0.3, -0.25) is 9.59 Å². The molecular formula is C23H19Cl2N3O3. The summed E-state index contributed by atoms with van der Waals surface area (Å²) in [5.41, 5.74) is 5.08. The average Bonchev–Trinajstić information content (AvgIpc) is 2.73. The van der Waals surface area contributed by atoms with Crippen molar-refractivity contribution in [3.8, 4) is 5.75 Å². The summed E-state index contributed by atoms with van der Waals surface area (Å²) in [6, 6.07) is 18.8. The van der Waals surface area contributed by atoms with Crippen molar-refractivity contribution in [2.45, 2.75) is 6.92 Å². The van der Waals surface area contributed by atoms with Gasteiger partial charge in [-0.05, 0) is 67.1 Å². The molecule has 0 saturated heterocycles. The highest BCUT2D eigenvalue weighted by molar-refractivity contribution is 6.31. The summed E-state index contributed by atoms with van der Waals surface area (Å²) in [5.74, 6) is -0.303. The Morgan fingerprint density at radius 3 is 2.48 bits per heavy atom. The molecule has 0 heterocycles. The van der Waals surface area contributed by atoms with Crippen molar-refractivity contribution in [1.82, 2.24) is 5.43 Å². The Labute approximate surface area is 189 Å². The third-order valence-corrected chi connectivity index (χ3v) is 4.60. The summed E-state index contributed by atoms with van der Waals surface area (Å²) in [4.78, 5) is 24.3. The number of halogens is 2. The van der Waals surface area contributed by atoms with Gasteiger partial charge in [-0.15, -0.1) is 0 Å². The Morgan fingerprint density at radius 2 is 1.74 bits per heavy atom. The number of benzene rings is 3. The second-order valence-electron chi connectivity index (χ2n) is 6.59. The highest BCUT2D eigenvalue weighted by Gasteiger charge is 2.08. The molecule has 3 rings (SSSR count). The number of nitrogens with one attached hydrogen (secondary N) is 2. The summed E-state index contributed by atoms with van der Waals surface area (Å²) < 4.78 is 5.62. The zero-order valence-corrected chi connectivity index (χ0v) is 18.1. The van der Waals surface area contributed by atoms with Crippen LogP contribution in [-0.4, -0.2) is 24.6 Å². The van der Waals surface area contributed by atoms with Gasteiger partial charge in [0.05, 0.1) is 6.21 Å². The van der Waals surface area contributed by atoms with Crippen LogP contribution >= 0.6 is 23.2 Å². The molecule has 0 aliphatic heterocycles. The molecule has 0 radical (unpaired) electrons. The maximum Gasteiger partial charge on any atom is 0.271 e. The Bertz CT molecular complexity index is 1120. The first-order chi connectivity index (χ1) is 14.9. The van der Waals surface area contributed by atoms with Crippen LogP contribution in [0.1, 0.15) is 21.5 Å². The minimum absolute atomic E-state index is 0.201. The second kappa shape index (κ2) is 10.6. The number of anilines is 1. The highest BCUT2D eigenvalue weighted by Crippen LogP contribution is 2.21. The summed E-state index contributed by atoms with van der Waals surface area (Å²) in [6.45, 7) is 1.74. The first-order valence-corrected chi connectivity index (χ1v) is 10.0. The van der Waals surface area contributed by atoms with E-state index in [2.05, 4.69) is 15.8 Å². The molecule has 0 aliphatic carbocycles. The van der Waals surface area contributed by atoms with Crippen molar-refractivity contribution in [3.05, 3.63) is 93.5 Å². The zero-order chi connectivity index (χ0) is 22.2. The van der Waals surface area contributed by atoms with Gasteiger partial charge in [-0.1, -0.05) is 35.3 Å². The first-order valence-electron chi connectivity index (χ1n) is 9.28. The molecule has 158 valence electrons. The topological polar surface area (TPSA) is 79.8 Å². The lowest BCUT2D eigenvalue weighted by molar-refractivity contribution is -0.118. The summed E-state index contributed by atoms with van der Waals surface area (Å²) >= 11 is 11.9. The number of hydrogen-bond donors (Lipinski definition) is 2. The lowest BCUT2D eigenvalue weighted by Gasteiger charge is -2.10. The fraction of sp³-hybridized carbons (Fsp3) is 0.0870. The number of rotatable bonds is 7. The number of carbonyl (C=O) groups excluding carboxylic acids is 2. The molecule has 6 nitrogen and oxygen atoms in total. The fourth-order valence-electron chi connectivity index (χ4n) is 2.64. The van der Waals surface area contributed by atoms with Gasteiger partial charge in [-0.25, -0.2) is 5.43 Å². The van der Waals surface area contributed by atoms with Crippen molar-refractivity contribution in [2.75, 3.05) is 11.9 Å². The van der Waals surface area contributed by atoms with Crippen molar-refractivity contribution >= 4 is 46.9 Å². The number of amides is 2. The predicted octanol–water partition coefficient (Wildman–Crippen LogP) is 5.08. The molecule has 0 aliphatic rings. The van der Waals surface area contributed by atoms with E-state index in [1.165, 1.54) is 6.21 Å². The van der Waals surface area contributed by atoms with Gasteiger partial charge < -0.3 is 10.1 Å². The molecular weight excluding hydrogens is 437 g/mol. The van der Waals surface area contributed by atoms with E-state index < -0.39 is 5.91 Å². The van der Waals surface area contributed by atoms with Gasteiger partial charge in [0, 0.05) is 26.9 Å². The van der Waals surface area contributed by atoms with Gasteiger partial charge in [-0.2, -0.15) is 5.10 Å². The van der Waals surface area contributed by atoms with Crippen LogP contribution in [0.3, 0.4) is 0 Å². The molecule has 0 spiro atoms. The van der Waals surface area contributed by atoms with Crippen molar-refractivity contribution in [2.24, 2.45) is 5.10 Å². The third kappa shape index (κ3) is 6.84. The number of nitrogens with zero attached hydrogens (tertiary/aromatic N) is 1. The molecule has 0 bridgehead atoms. The first kappa shape index (κ1) is 22.3. The molecule has 0 unspecified atom stereocenters. The van der Waals surface area contributed by atoms with Crippen LogP contribution in [0.25, 0.3) is 0 Å². The second-order valence-corrected chi connectivity index (χ2v) is 7.47. The highest BCUT2D eigenvalue weighted by atomic mass is 35.5. The molecule has 0 fully saturated rings. The van der Waals surface area contributed by atoms with Gasteiger partial charge in [0.15, 0.2) is 6.61 Å². The monoisotopic (exact) mass is 455 g/mol. The van der Waals surface area contributed by atoms with Crippen LogP contribution in [0.15, 0.2) is 71.8 Å². The molecule has 8 heteroatoms. The Kier molecular flexibility index (Phi) is 7.65. The van der Waals surface area contributed by atoms with Crippen LogP contribution < -0.4 is 15.5 Å². The van der Waals surface area contributed by atoms with E-state index in [9.17, 15) is 9.59 Å². The van der Waals surface area contributed by atoms with Crippen LogP contribution in [0.4, 0.5) is 5.69 Å². The van der Waals surface area contributed by atoms with Gasteiger partial charge >= 0.3 is 0 Å². The molecule has 2 N–H and O–H groups in total. The number of ether oxygens (including phenoxy) is 1. The lowest BCUT2D eigenvalue weighted by atomic mass is 10.2. The van der Waals surface area contributed by atoms with Crippen molar-refractivity contribution < 1.29 is 14.3 Å². The van der Waals surface area contributed by atoms with Crippen LogP contribution in [0, 0.1) is 6.92 Å². The van der Waals surface area contributed by atoms with E-state index in [0.29, 0.717) is 32.6 Å². The van der Waals surface area contributed by atoms with E-state index >= 15 is 0 Å². The number of hydrogen-bond acceptors (Lipinski definition) is 4. The van der Waals surface area contributed by atoms with E-state index in [1.54, 1.807) is 48.5 Å². The lowest BCUT2D eigenvalue weighted by Crippen LogP contribution is -2.20. The molecule has 0 saturated carbocycles. The van der Waals surface area contributed by atoms with E-state index in [1.807, 2.05) is 25.1 Å². The number of aryl methyl sites for hydroxylation is 1. The molecule has 0 atom stereocenters. The minimum Gasteiger partial charge on any atom is -0.483 e. The average molecular weight is 456 g/mol. The minimum atomic E-state index is -0.394. The van der Waals surface area contributed by atoms with Crippen LogP contribution in [0.5, 0.6) is 5.75 Å². The Hall–Kier alpha value is -3.35. The molecule has 0 aromatic heterocycles. The number of hydrazone groups is 1. The maximum absolute atomic E-state index is 12.2. The standard InChI is InChI=1S/C23H19Cl2N3O3/c1-15-3-2-4-20(11-15)27-22(29)14-31-21-10-9-19(25)12-17(21)13-26-28-23(30)16-5-7-18(24)8-6-16/h2-13H,14H2,1H3,(H,27,29)(H,28,30)/b26-13+. The zero-order valence-electron chi connectivity index (χ0n) is 16.6. The molecule has 2 amide bonds. The summed E-state index contributed by atoms with van der Waals surface area (Å²) in [7, 11) is 0. The van der Waals surface area contributed by atoms with Crippen LogP contribution in [0.2, 0.25) is 10.0 Å².